The Morgan fingerprint density at radius 1 is 1.13 bits per heavy atom. The van der Waals surface area contributed by atoms with E-state index in [1.165, 1.54) is 6.92 Å². The summed E-state index contributed by atoms with van der Waals surface area (Å²) in [5.41, 5.74) is 2.65. The Morgan fingerprint density at radius 3 is 2.47 bits per heavy atom. The van der Waals surface area contributed by atoms with Crippen LogP contribution < -0.4 is 9.64 Å². The van der Waals surface area contributed by atoms with Crippen molar-refractivity contribution in [2.45, 2.75) is 59.0 Å². The monoisotopic (exact) mass is 409 g/mol. The Morgan fingerprint density at radius 2 is 1.80 bits per heavy atom. The molecule has 3 rings (SSSR count). The molecule has 1 amide bonds. The fraction of sp³-hybridized carbons (Fsp3) is 0.440. The standard InChI is InChI=1S/C25H31NO4/c1-16(2)20-9-7-18(4)14-23(20)30-12-6-11-26-22-10-8-17(3)13-21(22)25(29,24(26)28)15-19(5)27/h7-10,13-14,16,29H,6,11-12,15H2,1-5H3. The molecule has 1 unspecified atom stereocenters. The summed E-state index contributed by atoms with van der Waals surface area (Å²) >= 11 is 0. The minimum Gasteiger partial charge on any atom is -0.493 e. The lowest BCUT2D eigenvalue weighted by Gasteiger charge is -2.22. The van der Waals surface area contributed by atoms with Crippen molar-refractivity contribution in [3.05, 3.63) is 58.7 Å². The minimum atomic E-state index is -1.78. The van der Waals surface area contributed by atoms with Crippen LogP contribution in [0.15, 0.2) is 36.4 Å². The van der Waals surface area contributed by atoms with E-state index < -0.39 is 11.5 Å². The van der Waals surface area contributed by atoms with Crippen molar-refractivity contribution in [2.75, 3.05) is 18.1 Å². The maximum atomic E-state index is 13.1. The highest BCUT2D eigenvalue weighted by Crippen LogP contribution is 2.43. The maximum absolute atomic E-state index is 13.1. The lowest BCUT2D eigenvalue weighted by atomic mass is 9.89. The van der Waals surface area contributed by atoms with Crippen LogP contribution in [0.4, 0.5) is 5.69 Å². The fourth-order valence-electron chi connectivity index (χ4n) is 4.07. The molecule has 1 atom stereocenters. The van der Waals surface area contributed by atoms with Crippen LogP contribution in [0.1, 0.15) is 61.8 Å². The zero-order chi connectivity index (χ0) is 22.1. The molecule has 160 valence electrons. The number of ether oxygens (including phenoxy) is 1. The number of nitrogens with zero attached hydrogens (tertiary/aromatic N) is 1. The number of carbonyl (C=O) groups is 2. The number of hydrogen-bond donors (Lipinski definition) is 1. The SMILES string of the molecule is CC(=O)CC1(O)C(=O)N(CCCOc2cc(C)ccc2C(C)C)c2ccc(C)cc21. The topological polar surface area (TPSA) is 66.8 Å². The zero-order valence-electron chi connectivity index (χ0n) is 18.5. The Bertz CT molecular complexity index is 966. The number of Topliss-reactive ketones (excluding diaryl/α,β-unsaturated/α-hetero) is 1. The predicted molar refractivity (Wildman–Crippen MR) is 118 cm³/mol. The van der Waals surface area contributed by atoms with E-state index in [0.29, 0.717) is 36.7 Å². The van der Waals surface area contributed by atoms with Crippen molar-refractivity contribution in [2.24, 2.45) is 0 Å². The molecule has 1 N–H and O–H groups in total. The van der Waals surface area contributed by atoms with Crippen molar-refractivity contribution in [3.8, 4) is 5.75 Å². The Hall–Kier alpha value is -2.66. The third-order valence-electron chi connectivity index (χ3n) is 5.57. The van der Waals surface area contributed by atoms with Crippen LogP contribution >= 0.6 is 0 Å². The molecule has 0 spiro atoms. The van der Waals surface area contributed by atoms with Crippen molar-refractivity contribution >= 4 is 17.4 Å². The van der Waals surface area contributed by atoms with E-state index >= 15 is 0 Å². The molecule has 30 heavy (non-hydrogen) atoms. The van der Waals surface area contributed by atoms with E-state index in [9.17, 15) is 14.7 Å². The van der Waals surface area contributed by atoms with Crippen molar-refractivity contribution in [3.63, 3.8) is 0 Å². The number of carbonyl (C=O) groups excluding carboxylic acids is 2. The van der Waals surface area contributed by atoms with Crippen LogP contribution in [0.3, 0.4) is 0 Å². The van der Waals surface area contributed by atoms with Gasteiger partial charge in [-0.15, -0.1) is 0 Å². The highest BCUT2D eigenvalue weighted by molar-refractivity contribution is 6.08. The molecule has 1 heterocycles. The average Bonchev–Trinajstić information content (AvgIpc) is 2.85. The van der Waals surface area contributed by atoms with Gasteiger partial charge in [-0.3, -0.25) is 9.59 Å². The van der Waals surface area contributed by atoms with E-state index in [-0.39, 0.29) is 12.2 Å². The van der Waals surface area contributed by atoms with Gasteiger partial charge in [-0.1, -0.05) is 43.7 Å². The van der Waals surface area contributed by atoms with Gasteiger partial charge in [-0.05, 0) is 56.4 Å². The molecular weight excluding hydrogens is 378 g/mol. The number of fused-ring (bicyclic) bond motifs is 1. The lowest BCUT2D eigenvalue weighted by molar-refractivity contribution is -0.141. The van der Waals surface area contributed by atoms with Crippen LogP contribution in [-0.2, 0) is 15.2 Å². The molecule has 2 aromatic rings. The first-order valence-electron chi connectivity index (χ1n) is 10.5. The van der Waals surface area contributed by atoms with Gasteiger partial charge in [0.2, 0.25) is 0 Å². The van der Waals surface area contributed by atoms with Crippen molar-refractivity contribution in [1.82, 2.24) is 0 Å². The van der Waals surface area contributed by atoms with Gasteiger partial charge in [-0.25, -0.2) is 0 Å². The molecule has 0 aromatic heterocycles. The van der Waals surface area contributed by atoms with Gasteiger partial charge in [0, 0.05) is 18.5 Å². The van der Waals surface area contributed by atoms with Crippen LogP contribution in [0.2, 0.25) is 0 Å². The molecule has 5 nitrogen and oxygen atoms in total. The third-order valence-corrected chi connectivity index (χ3v) is 5.57. The van der Waals surface area contributed by atoms with E-state index in [4.69, 9.17) is 4.74 Å². The van der Waals surface area contributed by atoms with Crippen LogP contribution in [0.25, 0.3) is 0 Å². The second-order valence-corrected chi connectivity index (χ2v) is 8.61. The normalized spacial score (nSPS) is 18.1. The van der Waals surface area contributed by atoms with Gasteiger partial charge in [0.1, 0.15) is 11.5 Å². The average molecular weight is 410 g/mol. The molecule has 0 aliphatic carbocycles. The zero-order valence-corrected chi connectivity index (χ0v) is 18.5. The minimum absolute atomic E-state index is 0.212. The highest BCUT2D eigenvalue weighted by Gasteiger charge is 2.50. The van der Waals surface area contributed by atoms with Crippen LogP contribution in [0.5, 0.6) is 5.75 Å². The summed E-state index contributed by atoms with van der Waals surface area (Å²) < 4.78 is 6.04. The molecule has 0 saturated heterocycles. The van der Waals surface area contributed by atoms with E-state index in [1.54, 1.807) is 11.0 Å². The van der Waals surface area contributed by atoms with Gasteiger partial charge in [0.25, 0.3) is 5.91 Å². The van der Waals surface area contributed by atoms with Crippen LogP contribution in [-0.4, -0.2) is 29.9 Å². The molecular formula is C25H31NO4. The van der Waals surface area contributed by atoms with Crippen molar-refractivity contribution in [1.29, 1.82) is 0 Å². The van der Waals surface area contributed by atoms with Crippen LogP contribution in [0, 0.1) is 13.8 Å². The number of anilines is 1. The fourth-order valence-corrected chi connectivity index (χ4v) is 4.07. The second kappa shape index (κ2) is 8.60. The Kier molecular flexibility index (Phi) is 6.32. The second-order valence-electron chi connectivity index (χ2n) is 8.61. The number of amides is 1. The summed E-state index contributed by atoms with van der Waals surface area (Å²) in [5.74, 6) is 0.584. The molecule has 2 aromatic carbocycles. The number of hydrogen-bond acceptors (Lipinski definition) is 4. The molecule has 0 saturated carbocycles. The first-order valence-corrected chi connectivity index (χ1v) is 10.5. The van der Waals surface area contributed by atoms with E-state index in [0.717, 1.165) is 22.4 Å². The Labute approximate surface area is 178 Å². The summed E-state index contributed by atoms with van der Waals surface area (Å²) in [6.07, 6.45) is 0.400. The summed E-state index contributed by atoms with van der Waals surface area (Å²) in [6.45, 7) is 10.5. The highest BCUT2D eigenvalue weighted by atomic mass is 16.5. The maximum Gasteiger partial charge on any atom is 0.264 e. The summed E-state index contributed by atoms with van der Waals surface area (Å²) in [6, 6.07) is 11.8. The molecule has 1 aliphatic heterocycles. The predicted octanol–water partition coefficient (Wildman–Crippen LogP) is 4.41. The van der Waals surface area contributed by atoms with E-state index in [2.05, 4.69) is 26.0 Å². The molecule has 5 heteroatoms. The number of benzene rings is 2. The summed E-state index contributed by atoms with van der Waals surface area (Å²) in [5, 5.41) is 11.1. The first kappa shape index (κ1) is 22.0. The lowest BCUT2D eigenvalue weighted by Crippen LogP contribution is -2.42. The number of aliphatic hydroxyl groups is 1. The summed E-state index contributed by atoms with van der Waals surface area (Å²) in [7, 11) is 0. The first-order chi connectivity index (χ1) is 14.1. The number of ketones is 1. The van der Waals surface area contributed by atoms with Gasteiger partial charge in [0.15, 0.2) is 5.60 Å². The van der Waals surface area contributed by atoms with Gasteiger partial charge < -0.3 is 14.7 Å². The van der Waals surface area contributed by atoms with Gasteiger partial charge in [-0.2, -0.15) is 0 Å². The largest absolute Gasteiger partial charge is 0.493 e. The van der Waals surface area contributed by atoms with Gasteiger partial charge >= 0.3 is 0 Å². The number of aryl methyl sites for hydroxylation is 2. The molecule has 0 fully saturated rings. The molecule has 0 bridgehead atoms. The summed E-state index contributed by atoms with van der Waals surface area (Å²) in [4.78, 5) is 26.4. The smallest absolute Gasteiger partial charge is 0.264 e. The quantitative estimate of drug-likeness (QED) is 0.656. The van der Waals surface area contributed by atoms with Gasteiger partial charge in [0.05, 0.1) is 12.3 Å². The van der Waals surface area contributed by atoms with E-state index in [1.807, 2.05) is 32.0 Å². The molecule has 0 radical (unpaired) electrons. The molecule has 1 aliphatic rings. The Balaban J connectivity index is 1.73. The third kappa shape index (κ3) is 4.26. The number of rotatable bonds is 8. The van der Waals surface area contributed by atoms with Crippen molar-refractivity contribution < 1.29 is 19.4 Å².